The Kier molecular flexibility index (Phi) is 4.65. The van der Waals surface area contributed by atoms with Crippen LogP contribution in [0.4, 0.5) is 19.0 Å². The molecule has 146 valence electrons. The lowest BCUT2D eigenvalue weighted by molar-refractivity contribution is -0.137. The summed E-state index contributed by atoms with van der Waals surface area (Å²) in [5.41, 5.74) is 3.84. The Bertz CT molecular complexity index is 1020. The molecular weight excluding hydrogens is 363 g/mol. The topological polar surface area (TPSA) is 29.9 Å². The van der Waals surface area contributed by atoms with E-state index in [0.29, 0.717) is 12.1 Å². The third kappa shape index (κ3) is 3.17. The number of rotatable bonds is 2. The van der Waals surface area contributed by atoms with Gasteiger partial charge in [0, 0.05) is 17.7 Å². The van der Waals surface area contributed by atoms with Gasteiger partial charge in [0.15, 0.2) is 0 Å². The predicted octanol–water partition coefficient (Wildman–Crippen LogP) is 5.92. The highest BCUT2D eigenvalue weighted by atomic mass is 19.4. The van der Waals surface area contributed by atoms with Gasteiger partial charge in [0.05, 0.1) is 16.9 Å². The van der Waals surface area contributed by atoms with E-state index in [-0.39, 0.29) is 5.56 Å². The monoisotopic (exact) mass is 385 g/mol. The maximum absolute atomic E-state index is 13.6. The van der Waals surface area contributed by atoms with Crippen LogP contribution in [-0.4, -0.2) is 16.3 Å². The molecule has 0 unspecified atom stereocenters. The molecule has 2 aromatic carbocycles. The largest absolute Gasteiger partial charge is 0.417 e. The highest BCUT2D eigenvalue weighted by Crippen LogP contribution is 2.41. The molecule has 0 saturated carbocycles. The zero-order valence-corrected chi connectivity index (χ0v) is 15.9. The minimum absolute atomic E-state index is 0.138. The number of hydrogen-bond acceptors (Lipinski definition) is 2. The molecule has 3 aromatic rings. The van der Waals surface area contributed by atoms with Gasteiger partial charge in [-0.3, -0.25) is 0 Å². The number of nitrogens with zero attached hydrogens (tertiary/aromatic N) is 2. The summed E-state index contributed by atoms with van der Waals surface area (Å²) in [5.74, 6) is 0.804. The number of fused-ring (bicyclic) bond motifs is 1. The molecule has 0 saturated heterocycles. The van der Waals surface area contributed by atoms with Crippen molar-refractivity contribution in [1.82, 2.24) is 9.78 Å². The van der Waals surface area contributed by atoms with Crippen molar-refractivity contribution in [1.29, 1.82) is 0 Å². The number of hydrogen-bond donors (Lipinski definition) is 1. The van der Waals surface area contributed by atoms with Crippen LogP contribution >= 0.6 is 0 Å². The summed E-state index contributed by atoms with van der Waals surface area (Å²) >= 11 is 0. The maximum atomic E-state index is 13.6. The van der Waals surface area contributed by atoms with Gasteiger partial charge < -0.3 is 5.32 Å². The molecule has 3 nitrogen and oxygen atoms in total. The molecular formula is C22H22F3N3. The molecule has 6 heteroatoms. The van der Waals surface area contributed by atoms with Crippen molar-refractivity contribution in [2.45, 2.75) is 39.3 Å². The summed E-state index contributed by atoms with van der Waals surface area (Å²) in [5, 5.41) is 8.11. The number of aromatic nitrogens is 2. The summed E-state index contributed by atoms with van der Waals surface area (Å²) in [6.45, 7) is 4.82. The van der Waals surface area contributed by atoms with Crippen molar-refractivity contribution >= 4 is 5.82 Å². The summed E-state index contributed by atoms with van der Waals surface area (Å²) in [6.07, 6.45) is -1.83. The quantitative estimate of drug-likeness (QED) is 0.593. The zero-order chi connectivity index (χ0) is 19.9. The molecule has 0 fully saturated rings. The van der Waals surface area contributed by atoms with E-state index < -0.39 is 11.7 Å². The Morgan fingerprint density at radius 2 is 1.79 bits per heavy atom. The lowest BCUT2D eigenvalue weighted by atomic mass is 9.99. The Balaban J connectivity index is 1.99. The number of anilines is 1. The van der Waals surface area contributed by atoms with Crippen LogP contribution < -0.4 is 5.32 Å². The summed E-state index contributed by atoms with van der Waals surface area (Å²) < 4.78 is 42.7. The van der Waals surface area contributed by atoms with Crippen LogP contribution in [0.2, 0.25) is 0 Å². The first-order valence-corrected chi connectivity index (χ1v) is 9.47. The van der Waals surface area contributed by atoms with Gasteiger partial charge in [-0.25, -0.2) is 4.68 Å². The molecule has 1 aliphatic rings. The van der Waals surface area contributed by atoms with Gasteiger partial charge in [-0.1, -0.05) is 30.3 Å². The van der Waals surface area contributed by atoms with E-state index in [0.717, 1.165) is 53.6 Å². The zero-order valence-electron chi connectivity index (χ0n) is 15.9. The molecule has 0 aliphatic carbocycles. The molecule has 28 heavy (non-hydrogen) atoms. The SMILES string of the molecule is Cc1cccc(-n2nc(-c3ccccc3C(F)(F)F)c3c2NCCCC3)c1C. The summed E-state index contributed by atoms with van der Waals surface area (Å²) in [7, 11) is 0. The molecule has 0 bridgehead atoms. The minimum Gasteiger partial charge on any atom is -0.370 e. The first kappa shape index (κ1) is 18.6. The number of alkyl halides is 3. The fourth-order valence-electron chi connectivity index (χ4n) is 3.79. The molecule has 4 rings (SSSR count). The molecule has 0 radical (unpaired) electrons. The Morgan fingerprint density at radius 3 is 2.57 bits per heavy atom. The molecule has 1 aliphatic heterocycles. The third-order valence-corrected chi connectivity index (χ3v) is 5.42. The van der Waals surface area contributed by atoms with Gasteiger partial charge in [0.2, 0.25) is 0 Å². The maximum Gasteiger partial charge on any atom is 0.417 e. The van der Waals surface area contributed by atoms with Crippen molar-refractivity contribution in [3.63, 3.8) is 0 Å². The molecule has 0 spiro atoms. The fraction of sp³-hybridized carbons (Fsp3) is 0.318. The van der Waals surface area contributed by atoms with E-state index in [1.54, 1.807) is 10.7 Å². The van der Waals surface area contributed by atoms with E-state index in [2.05, 4.69) is 5.32 Å². The second-order valence-corrected chi connectivity index (χ2v) is 7.23. The standard InChI is InChI=1S/C22H22F3N3/c1-14-8-7-12-19(15(14)2)28-21-17(10-5-6-13-26-21)20(27-28)16-9-3-4-11-18(16)22(23,24)25/h3-4,7-9,11-12,26H,5-6,10,13H2,1-2H3. The van der Waals surface area contributed by atoms with Crippen LogP contribution in [0.25, 0.3) is 16.9 Å². The summed E-state index contributed by atoms with van der Waals surface area (Å²) in [6, 6.07) is 11.6. The van der Waals surface area contributed by atoms with Crippen molar-refractivity contribution in [3.8, 4) is 16.9 Å². The highest BCUT2D eigenvalue weighted by Gasteiger charge is 2.35. The first-order valence-electron chi connectivity index (χ1n) is 9.47. The van der Waals surface area contributed by atoms with Crippen LogP contribution in [0, 0.1) is 13.8 Å². The van der Waals surface area contributed by atoms with Gasteiger partial charge in [-0.05, 0) is 56.4 Å². The second-order valence-electron chi connectivity index (χ2n) is 7.23. The van der Waals surface area contributed by atoms with Crippen LogP contribution in [0.3, 0.4) is 0 Å². The highest BCUT2D eigenvalue weighted by molar-refractivity contribution is 5.74. The Hall–Kier alpha value is -2.76. The van der Waals surface area contributed by atoms with Gasteiger partial charge in [0.25, 0.3) is 0 Å². The van der Waals surface area contributed by atoms with E-state index in [1.165, 1.54) is 12.1 Å². The van der Waals surface area contributed by atoms with Crippen LogP contribution in [0.1, 0.15) is 35.1 Å². The number of halogens is 3. The van der Waals surface area contributed by atoms with Gasteiger partial charge in [-0.2, -0.15) is 18.3 Å². The fourth-order valence-corrected chi connectivity index (χ4v) is 3.79. The molecule has 0 atom stereocenters. The Labute approximate surface area is 162 Å². The second kappa shape index (κ2) is 7.00. The minimum atomic E-state index is -4.43. The molecule has 2 heterocycles. The number of benzene rings is 2. The summed E-state index contributed by atoms with van der Waals surface area (Å²) in [4.78, 5) is 0. The van der Waals surface area contributed by atoms with E-state index in [4.69, 9.17) is 5.10 Å². The van der Waals surface area contributed by atoms with E-state index >= 15 is 0 Å². The Morgan fingerprint density at radius 1 is 1.00 bits per heavy atom. The van der Waals surface area contributed by atoms with E-state index in [9.17, 15) is 13.2 Å². The van der Waals surface area contributed by atoms with E-state index in [1.807, 2.05) is 32.0 Å². The van der Waals surface area contributed by atoms with Crippen LogP contribution in [-0.2, 0) is 12.6 Å². The number of nitrogens with one attached hydrogen (secondary N) is 1. The van der Waals surface area contributed by atoms with Crippen molar-refractivity contribution < 1.29 is 13.2 Å². The molecule has 0 amide bonds. The van der Waals surface area contributed by atoms with Crippen LogP contribution in [0.15, 0.2) is 42.5 Å². The lowest BCUT2D eigenvalue weighted by Gasteiger charge is -2.13. The number of aryl methyl sites for hydroxylation is 1. The van der Waals surface area contributed by atoms with Crippen molar-refractivity contribution in [3.05, 3.63) is 64.7 Å². The average Bonchev–Trinajstić information content (AvgIpc) is 2.84. The first-order chi connectivity index (χ1) is 13.4. The van der Waals surface area contributed by atoms with Crippen molar-refractivity contribution in [2.75, 3.05) is 11.9 Å². The predicted molar refractivity (Wildman–Crippen MR) is 105 cm³/mol. The molecule has 1 aromatic heterocycles. The smallest absolute Gasteiger partial charge is 0.370 e. The van der Waals surface area contributed by atoms with Gasteiger partial charge in [0.1, 0.15) is 5.82 Å². The van der Waals surface area contributed by atoms with Gasteiger partial charge in [-0.15, -0.1) is 0 Å². The third-order valence-electron chi connectivity index (χ3n) is 5.42. The van der Waals surface area contributed by atoms with Crippen LogP contribution in [0.5, 0.6) is 0 Å². The van der Waals surface area contributed by atoms with Gasteiger partial charge >= 0.3 is 6.18 Å². The molecule has 1 N–H and O–H groups in total. The average molecular weight is 385 g/mol. The normalized spacial score (nSPS) is 14.3. The van der Waals surface area contributed by atoms with Crippen molar-refractivity contribution in [2.24, 2.45) is 0 Å². The lowest BCUT2D eigenvalue weighted by Crippen LogP contribution is -2.09.